The average molecular weight is 395 g/mol. The second kappa shape index (κ2) is 8.43. The molecule has 0 aliphatic heterocycles. The molecule has 0 saturated carbocycles. The molecule has 27 heavy (non-hydrogen) atoms. The molecule has 0 fully saturated rings. The molecule has 0 bridgehead atoms. The van der Waals surface area contributed by atoms with Crippen LogP contribution < -0.4 is 10.4 Å². The third kappa shape index (κ3) is 4.19. The number of hydrogen-bond donors (Lipinski definition) is 0. The van der Waals surface area contributed by atoms with E-state index >= 15 is 0 Å². The predicted octanol–water partition coefficient (Wildman–Crippen LogP) is 5.50. The topological polar surface area (TPSA) is 9.23 Å². The molecule has 0 saturated heterocycles. The molecule has 0 aromatic heterocycles. The van der Waals surface area contributed by atoms with E-state index in [1.807, 2.05) is 0 Å². The van der Waals surface area contributed by atoms with Crippen LogP contribution in [0.1, 0.15) is 31.9 Å². The van der Waals surface area contributed by atoms with Crippen molar-refractivity contribution in [2.45, 2.75) is 38.3 Å². The zero-order chi connectivity index (χ0) is 19.3. The van der Waals surface area contributed by atoms with E-state index in [0.29, 0.717) is 12.5 Å². The van der Waals surface area contributed by atoms with Gasteiger partial charge >= 0.3 is 0 Å². The largest absolute Gasteiger partial charge is 0.403 e. The second-order valence-corrected chi connectivity index (χ2v) is 12.5. The third-order valence-electron chi connectivity index (χ3n) is 5.02. The van der Waals surface area contributed by atoms with Gasteiger partial charge in [-0.3, -0.25) is 0 Å². The standard InChI is InChI=1S/C24H27ClOSi/c1-24(2,3)27(22-13-6-4-7-14-22,23-15-8-5-9-16-23)26-19-21-12-10-11-20(17-21)18-25/h4-17H,18-19H2,1-3H3. The van der Waals surface area contributed by atoms with Crippen LogP contribution in [-0.2, 0) is 16.9 Å². The molecular formula is C24H27ClOSi. The molecule has 140 valence electrons. The van der Waals surface area contributed by atoms with Gasteiger partial charge in [-0.25, -0.2) is 0 Å². The molecule has 3 heteroatoms. The summed E-state index contributed by atoms with van der Waals surface area (Å²) in [6.45, 7) is 7.48. The van der Waals surface area contributed by atoms with Crippen molar-refractivity contribution in [2.75, 3.05) is 0 Å². The van der Waals surface area contributed by atoms with Crippen molar-refractivity contribution >= 4 is 30.3 Å². The fourth-order valence-electron chi connectivity index (χ4n) is 3.76. The maximum Gasteiger partial charge on any atom is 0.261 e. The minimum atomic E-state index is -2.49. The van der Waals surface area contributed by atoms with E-state index in [-0.39, 0.29) is 5.04 Å². The van der Waals surface area contributed by atoms with E-state index in [0.717, 1.165) is 5.56 Å². The van der Waals surface area contributed by atoms with E-state index in [9.17, 15) is 0 Å². The zero-order valence-electron chi connectivity index (χ0n) is 16.3. The highest BCUT2D eigenvalue weighted by molar-refractivity contribution is 6.99. The zero-order valence-corrected chi connectivity index (χ0v) is 18.0. The number of halogens is 1. The molecule has 0 N–H and O–H groups in total. The van der Waals surface area contributed by atoms with Crippen molar-refractivity contribution in [3.63, 3.8) is 0 Å². The quantitative estimate of drug-likeness (QED) is 0.396. The normalized spacial score (nSPS) is 12.1. The van der Waals surface area contributed by atoms with Gasteiger partial charge in [0.25, 0.3) is 8.32 Å². The Labute approximate surface area is 169 Å². The molecule has 3 aromatic rings. The van der Waals surface area contributed by atoms with Crippen LogP contribution in [0.25, 0.3) is 0 Å². The summed E-state index contributed by atoms with van der Waals surface area (Å²) in [5.74, 6) is 0.521. The smallest absolute Gasteiger partial charge is 0.261 e. The molecule has 0 radical (unpaired) electrons. The maximum absolute atomic E-state index is 6.95. The molecular weight excluding hydrogens is 368 g/mol. The first-order chi connectivity index (χ1) is 13.0. The van der Waals surface area contributed by atoms with Crippen molar-refractivity contribution < 1.29 is 4.43 Å². The van der Waals surface area contributed by atoms with Crippen LogP contribution in [0, 0.1) is 0 Å². The van der Waals surface area contributed by atoms with E-state index in [4.69, 9.17) is 16.0 Å². The van der Waals surface area contributed by atoms with Gasteiger partial charge in [0.2, 0.25) is 0 Å². The fourth-order valence-corrected chi connectivity index (χ4v) is 8.46. The molecule has 0 unspecified atom stereocenters. The Morgan fingerprint density at radius 1 is 0.741 bits per heavy atom. The Hall–Kier alpha value is -1.87. The van der Waals surface area contributed by atoms with Crippen LogP contribution >= 0.6 is 11.6 Å². The fraction of sp³-hybridized carbons (Fsp3) is 0.250. The molecule has 1 nitrogen and oxygen atoms in total. The first-order valence-electron chi connectivity index (χ1n) is 9.36. The van der Waals surface area contributed by atoms with E-state index < -0.39 is 8.32 Å². The lowest BCUT2D eigenvalue weighted by molar-refractivity contribution is 0.286. The van der Waals surface area contributed by atoms with Crippen molar-refractivity contribution in [1.29, 1.82) is 0 Å². The molecule has 0 spiro atoms. The highest BCUT2D eigenvalue weighted by Crippen LogP contribution is 2.37. The maximum atomic E-state index is 6.95. The summed E-state index contributed by atoms with van der Waals surface area (Å²) < 4.78 is 6.95. The molecule has 0 amide bonds. The Balaban J connectivity index is 2.09. The van der Waals surface area contributed by atoms with Gasteiger partial charge in [-0.15, -0.1) is 11.6 Å². The monoisotopic (exact) mass is 394 g/mol. The van der Waals surface area contributed by atoms with Gasteiger partial charge < -0.3 is 4.43 Å². The predicted molar refractivity (Wildman–Crippen MR) is 118 cm³/mol. The molecule has 0 heterocycles. The molecule has 3 rings (SSSR count). The van der Waals surface area contributed by atoms with Gasteiger partial charge in [0, 0.05) is 5.88 Å². The highest BCUT2D eigenvalue weighted by Gasteiger charge is 2.50. The van der Waals surface area contributed by atoms with Gasteiger partial charge in [0.05, 0.1) is 6.61 Å². The number of benzene rings is 3. The van der Waals surface area contributed by atoms with Crippen LogP contribution in [0.2, 0.25) is 5.04 Å². The second-order valence-electron chi connectivity index (χ2n) is 7.91. The summed E-state index contributed by atoms with van der Waals surface area (Å²) >= 11 is 6.02. The Morgan fingerprint density at radius 2 is 1.26 bits per heavy atom. The Kier molecular flexibility index (Phi) is 6.21. The van der Waals surface area contributed by atoms with E-state index in [1.54, 1.807) is 0 Å². The van der Waals surface area contributed by atoms with Crippen LogP contribution in [0.4, 0.5) is 0 Å². The summed E-state index contributed by atoms with van der Waals surface area (Å²) in [6, 6.07) is 29.9. The lowest BCUT2D eigenvalue weighted by Gasteiger charge is -2.43. The number of hydrogen-bond acceptors (Lipinski definition) is 1. The number of rotatable bonds is 6. The molecule has 0 aliphatic rings. The van der Waals surface area contributed by atoms with Gasteiger partial charge in [-0.05, 0) is 26.5 Å². The van der Waals surface area contributed by atoms with Crippen molar-refractivity contribution in [3.8, 4) is 0 Å². The van der Waals surface area contributed by atoms with E-state index in [2.05, 4.69) is 106 Å². The minimum absolute atomic E-state index is 0.0141. The van der Waals surface area contributed by atoms with Crippen molar-refractivity contribution in [3.05, 3.63) is 96.1 Å². The van der Waals surface area contributed by atoms with Crippen LogP contribution in [-0.4, -0.2) is 8.32 Å². The van der Waals surface area contributed by atoms with Crippen molar-refractivity contribution in [2.24, 2.45) is 0 Å². The van der Waals surface area contributed by atoms with Crippen LogP contribution in [0.3, 0.4) is 0 Å². The summed E-state index contributed by atoms with van der Waals surface area (Å²) in [6.07, 6.45) is 0. The van der Waals surface area contributed by atoms with Gasteiger partial charge in [0.15, 0.2) is 0 Å². The average Bonchev–Trinajstić information content (AvgIpc) is 2.69. The van der Waals surface area contributed by atoms with Gasteiger partial charge in [-0.2, -0.15) is 0 Å². The van der Waals surface area contributed by atoms with Gasteiger partial charge in [-0.1, -0.05) is 106 Å². The van der Waals surface area contributed by atoms with E-state index in [1.165, 1.54) is 15.9 Å². The van der Waals surface area contributed by atoms with Crippen LogP contribution in [0.15, 0.2) is 84.9 Å². The van der Waals surface area contributed by atoms with Gasteiger partial charge in [0.1, 0.15) is 0 Å². The lowest BCUT2D eigenvalue weighted by Crippen LogP contribution is -2.66. The SMILES string of the molecule is CC(C)(C)[Si](OCc1cccc(CCl)c1)(c1ccccc1)c1ccccc1. The summed E-state index contributed by atoms with van der Waals surface area (Å²) in [5.41, 5.74) is 2.29. The lowest BCUT2D eigenvalue weighted by atomic mass is 10.1. The third-order valence-corrected chi connectivity index (χ3v) is 10.3. The minimum Gasteiger partial charge on any atom is -0.403 e. The molecule has 0 aliphatic carbocycles. The summed E-state index contributed by atoms with van der Waals surface area (Å²) in [4.78, 5) is 0. The summed E-state index contributed by atoms with van der Waals surface area (Å²) in [5, 5.41) is 2.59. The molecule has 0 atom stereocenters. The van der Waals surface area contributed by atoms with Crippen LogP contribution in [0.5, 0.6) is 0 Å². The highest BCUT2D eigenvalue weighted by atomic mass is 35.5. The summed E-state index contributed by atoms with van der Waals surface area (Å²) in [7, 11) is -2.49. The number of alkyl halides is 1. The first-order valence-corrected chi connectivity index (χ1v) is 11.8. The van der Waals surface area contributed by atoms with Crippen molar-refractivity contribution in [1.82, 2.24) is 0 Å². The first kappa shape index (κ1) is 19.9. The Morgan fingerprint density at radius 3 is 1.74 bits per heavy atom. The molecule has 3 aromatic carbocycles. The Bertz CT molecular complexity index is 817.